The number of hydrogen-bond acceptors (Lipinski definition) is 5. The number of nitrogens with zero attached hydrogens (tertiary/aromatic N) is 1. The Morgan fingerprint density at radius 1 is 1.00 bits per heavy atom. The van der Waals surface area contributed by atoms with E-state index in [9.17, 15) is 18.0 Å². The van der Waals surface area contributed by atoms with Crippen LogP contribution in [0.1, 0.15) is 33.2 Å². The highest BCUT2D eigenvalue weighted by molar-refractivity contribution is 7.92. The first-order valence-electron chi connectivity index (χ1n) is 10.0. The van der Waals surface area contributed by atoms with E-state index in [-0.39, 0.29) is 22.0 Å². The Morgan fingerprint density at radius 3 is 2.41 bits per heavy atom. The van der Waals surface area contributed by atoms with Crippen LogP contribution < -0.4 is 14.4 Å². The van der Waals surface area contributed by atoms with Gasteiger partial charge in [0, 0.05) is 17.8 Å². The van der Waals surface area contributed by atoms with Gasteiger partial charge in [-0.3, -0.25) is 13.9 Å². The molecule has 1 N–H and O–H groups in total. The van der Waals surface area contributed by atoms with E-state index in [4.69, 9.17) is 4.74 Å². The van der Waals surface area contributed by atoms with E-state index in [1.54, 1.807) is 36.4 Å². The smallest absolute Gasteiger partial charge is 0.264 e. The Hall–Kier alpha value is -3.65. The molecule has 32 heavy (non-hydrogen) atoms. The van der Waals surface area contributed by atoms with E-state index in [0.717, 1.165) is 5.56 Å². The van der Waals surface area contributed by atoms with Crippen LogP contribution in [0.15, 0.2) is 71.6 Å². The number of nitrogens with one attached hydrogen (secondary N) is 1. The van der Waals surface area contributed by atoms with Gasteiger partial charge in [0.1, 0.15) is 5.75 Å². The number of rotatable bonds is 6. The zero-order valence-electron chi connectivity index (χ0n) is 17.7. The van der Waals surface area contributed by atoms with Crippen molar-refractivity contribution in [2.24, 2.45) is 0 Å². The van der Waals surface area contributed by atoms with Crippen molar-refractivity contribution in [3.63, 3.8) is 0 Å². The summed E-state index contributed by atoms with van der Waals surface area (Å²) in [5.74, 6) is -0.342. The quantitative estimate of drug-likeness (QED) is 0.575. The first-order valence-corrected chi connectivity index (χ1v) is 11.5. The van der Waals surface area contributed by atoms with Crippen molar-refractivity contribution in [1.29, 1.82) is 0 Å². The number of amides is 1. The Kier molecular flexibility index (Phi) is 5.71. The van der Waals surface area contributed by atoms with Crippen LogP contribution in [0.3, 0.4) is 0 Å². The zero-order chi connectivity index (χ0) is 22.9. The van der Waals surface area contributed by atoms with Gasteiger partial charge in [-0.25, -0.2) is 8.42 Å². The molecule has 0 bridgehead atoms. The van der Waals surface area contributed by atoms with Crippen LogP contribution in [-0.4, -0.2) is 33.8 Å². The van der Waals surface area contributed by atoms with Crippen LogP contribution in [-0.2, 0) is 16.4 Å². The van der Waals surface area contributed by atoms with E-state index in [1.807, 2.05) is 12.1 Å². The van der Waals surface area contributed by atoms with Gasteiger partial charge < -0.3 is 10.1 Å². The van der Waals surface area contributed by atoms with E-state index in [1.165, 1.54) is 36.5 Å². The van der Waals surface area contributed by atoms with Gasteiger partial charge in [-0.2, -0.15) is 0 Å². The first-order chi connectivity index (χ1) is 15.3. The molecule has 0 unspecified atom stereocenters. The van der Waals surface area contributed by atoms with Crippen LogP contribution in [0.4, 0.5) is 11.4 Å². The fourth-order valence-corrected chi connectivity index (χ4v) is 5.23. The van der Waals surface area contributed by atoms with Gasteiger partial charge >= 0.3 is 0 Å². The number of para-hydroxylation sites is 1. The highest BCUT2D eigenvalue weighted by Crippen LogP contribution is 2.34. The summed E-state index contributed by atoms with van der Waals surface area (Å²) in [6.45, 7) is 1.81. The van der Waals surface area contributed by atoms with Gasteiger partial charge in [0.15, 0.2) is 5.78 Å². The zero-order valence-corrected chi connectivity index (χ0v) is 18.5. The Bertz CT molecular complexity index is 1300. The molecule has 0 saturated carbocycles. The number of fused-ring (bicyclic) bond motifs is 1. The largest absolute Gasteiger partial charge is 0.496 e. The highest BCUT2D eigenvalue weighted by Gasteiger charge is 2.31. The van der Waals surface area contributed by atoms with Crippen LogP contribution in [0.25, 0.3) is 0 Å². The van der Waals surface area contributed by atoms with Crippen LogP contribution in [0.2, 0.25) is 0 Å². The minimum Gasteiger partial charge on any atom is -0.496 e. The fourth-order valence-electron chi connectivity index (χ4n) is 3.70. The monoisotopic (exact) mass is 450 g/mol. The first kappa shape index (κ1) is 21.6. The molecule has 0 spiro atoms. The molecule has 1 heterocycles. The topological polar surface area (TPSA) is 92.8 Å². The third-order valence-corrected chi connectivity index (χ3v) is 7.21. The van der Waals surface area contributed by atoms with Gasteiger partial charge in [-0.05, 0) is 67.4 Å². The van der Waals surface area contributed by atoms with Crippen molar-refractivity contribution < 1.29 is 22.7 Å². The maximum atomic E-state index is 13.4. The highest BCUT2D eigenvalue weighted by atomic mass is 32.2. The number of ether oxygens (including phenoxy) is 1. The summed E-state index contributed by atoms with van der Waals surface area (Å²) < 4.78 is 33.4. The molecule has 0 fully saturated rings. The maximum absolute atomic E-state index is 13.4. The Labute approximate surface area is 186 Å². The van der Waals surface area contributed by atoms with Gasteiger partial charge in [-0.15, -0.1) is 0 Å². The van der Waals surface area contributed by atoms with Gasteiger partial charge in [0.2, 0.25) is 0 Å². The Morgan fingerprint density at radius 2 is 1.72 bits per heavy atom. The predicted molar refractivity (Wildman–Crippen MR) is 122 cm³/mol. The molecule has 8 heteroatoms. The molecule has 3 aromatic carbocycles. The number of sulfonamides is 1. The molecular formula is C24H22N2O5S. The summed E-state index contributed by atoms with van der Waals surface area (Å²) in [5, 5.41) is 2.72. The number of anilines is 2. The van der Waals surface area contributed by atoms with Crippen LogP contribution in [0.5, 0.6) is 5.75 Å². The summed E-state index contributed by atoms with van der Waals surface area (Å²) in [6.07, 6.45) is 0.634. The van der Waals surface area contributed by atoms with Crippen LogP contribution >= 0.6 is 0 Å². The average Bonchev–Trinajstić information content (AvgIpc) is 3.24. The van der Waals surface area contributed by atoms with Crippen LogP contribution in [0, 0.1) is 0 Å². The van der Waals surface area contributed by atoms with Crippen molar-refractivity contribution in [1.82, 2.24) is 0 Å². The van der Waals surface area contributed by atoms with E-state index in [2.05, 4.69) is 5.32 Å². The molecule has 0 aromatic heterocycles. The minimum absolute atomic E-state index is 0.00656. The third-order valence-electron chi connectivity index (χ3n) is 5.40. The number of hydrogen-bond donors (Lipinski definition) is 1. The molecule has 3 aromatic rings. The predicted octanol–water partition coefficient (Wildman–Crippen LogP) is 3.90. The molecule has 164 valence electrons. The molecule has 1 aliphatic heterocycles. The number of methoxy groups -OCH3 is 1. The molecule has 1 amide bonds. The number of carbonyl (C=O) groups excluding carboxylic acids is 2. The number of benzene rings is 3. The van der Waals surface area contributed by atoms with Crippen molar-refractivity contribution in [2.75, 3.05) is 23.3 Å². The normalized spacial score (nSPS) is 12.9. The standard InChI is InChI=1S/C24H22N2O5S/c1-16(27)17-7-9-19(10-8-17)25-24(28)21-15-20(11-12-23(21)31-2)32(29,30)26-14-13-18-5-3-4-6-22(18)26/h3-12,15H,13-14H2,1-2H3,(H,25,28). The lowest BCUT2D eigenvalue weighted by Gasteiger charge is -2.20. The molecule has 0 aliphatic carbocycles. The van der Waals surface area contributed by atoms with Gasteiger partial charge in [-0.1, -0.05) is 18.2 Å². The van der Waals surface area contributed by atoms with Crippen molar-refractivity contribution >= 4 is 33.1 Å². The summed E-state index contributed by atoms with van der Waals surface area (Å²) in [6, 6.07) is 18.1. The fraction of sp³-hybridized carbons (Fsp3) is 0.167. The lowest BCUT2D eigenvalue weighted by Crippen LogP contribution is -2.29. The van der Waals surface area contributed by atoms with Crippen molar-refractivity contribution in [3.8, 4) is 5.75 Å². The lowest BCUT2D eigenvalue weighted by atomic mass is 10.1. The van der Waals surface area contributed by atoms with E-state index in [0.29, 0.717) is 29.9 Å². The molecule has 0 saturated heterocycles. The summed E-state index contributed by atoms with van der Waals surface area (Å²) in [4.78, 5) is 24.4. The number of carbonyl (C=O) groups is 2. The molecule has 4 rings (SSSR count). The van der Waals surface area contributed by atoms with Gasteiger partial charge in [0.25, 0.3) is 15.9 Å². The number of ketones is 1. The second kappa shape index (κ2) is 8.47. The van der Waals surface area contributed by atoms with Crippen molar-refractivity contribution in [2.45, 2.75) is 18.2 Å². The molecule has 1 aliphatic rings. The summed E-state index contributed by atoms with van der Waals surface area (Å²) in [7, 11) is -2.45. The Balaban J connectivity index is 1.65. The summed E-state index contributed by atoms with van der Waals surface area (Å²) in [5.41, 5.74) is 2.72. The SMILES string of the molecule is COc1ccc(S(=O)(=O)N2CCc3ccccc32)cc1C(=O)Nc1ccc(C(C)=O)cc1. The van der Waals surface area contributed by atoms with Crippen molar-refractivity contribution in [3.05, 3.63) is 83.4 Å². The lowest BCUT2D eigenvalue weighted by molar-refractivity contribution is 0.101. The van der Waals surface area contributed by atoms with Gasteiger partial charge in [0.05, 0.1) is 23.3 Å². The minimum atomic E-state index is -3.86. The van der Waals surface area contributed by atoms with E-state index < -0.39 is 15.9 Å². The molecular weight excluding hydrogens is 428 g/mol. The maximum Gasteiger partial charge on any atom is 0.264 e. The second-order valence-corrected chi connectivity index (χ2v) is 9.27. The summed E-state index contributed by atoms with van der Waals surface area (Å²) >= 11 is 0. The third kappa shape index (κ3) is 3.97. The van der Waals surface area contributed by atoms with E-state index >= 15 is 0 Å². The molecule has 0 radical (unpaired) electrons. The number of Topliss-reactive ketones (excluding diaryl/α,β-unsaturated/α-hetero) is 1. The average molecular weight is 451 g/mol. The molecule has 0 atom stereocenters. The second-order valence-electron chi connectivity index (χ2n) is 7.41. The molecule has 7 nitrogen and oxygen atoms in total.